The maximum absolute atomic E-state index is 14.0. The van der Waals surface area contributed by atoms with Crippen LogP contribution < -0.4 is 4.90 Å². The highest BCUT2D eigenvalue weighted by Crippen LogP contribution is 2.32. The summed E-state index contributed by atoms with van der Waals surface area (Å²) in [6.07, 6.45) is 1.62. The van der Waals surface area contributed by atoms with E-state index in [1.807, 2.05) is 19.0 Å². The van der Waals surface area contributed by atoms with Gasteiger partial charge in [0.05, 0.1) is 10.9 Å². The van der Waals surface area contributed by atoms with Crippen LogP contribution in [0.2, 0.25) is 0 Å². The van der Waals surface area contributed by atoms with E-state index in [0.717, 1.165) is 23.0 Å². The Morgan fingerprint density at radius 2 is 1.96 bits per heavy atom. The SMILES string of the molecule is Cc1cnn(C)c1C(=O)N(CCN(C)C)c1nc2c(F)cc(F)cc2s1.Cl. The van der Waals surface area contributed by atoms with Crippen molar-refractivity contribution in [3.05, 3.63) is 41.2 Å². The summed E-state index contributed by atoms with van der Waals surface area (Å²) in [4.78, 5) is 20.8. The van der Waals surface area contributed by atoms with Crippen LogP contribution in [0.15, 0.2) is 18.3 Å². The molecule has 1 amide bonds. The summed E-state index contributed by atoms with van der Waals surface area (Å²) in [6.45, 7) is 2.76. The lowest BCUT2D eigenvalue weighted by Crippen LogP contribution is -2.38. The average Bonchev–Trinajstić information content (AvgIpc) is 3.10. The average molecular weight is 416 g/mol. The molecule has 2 heterocycles. The fraction of sp³-hybridized carbons (Fsp3) is 0.353. The van der Waals surface area contributed by atoms with E-state index in [2.05, 4.69) is 10.1 Å². The topological polar surface area (TPSA) is 54.3 Å². The number of aromatic nitrogens is 3. The summed E-state index contributed by atoms with van der Waals surface area (Å²) < 4.78 is 29.4. The third-order valence-electron chi connectivity index (χ3n) is 3.97. The van der Waals surface area contributed by atoms with Crippen molar-refractivity contribution in [2.45, 2.75) is 6.92 Å². The normalized spacial score (nSPS) is 11.1. The van der Waals surface area contributed by atoms with Crippen molar-refractivity contribution >= 4 is 45.0 Å². The van der Waals surface area contributed by atoms with E-state index >= 15 is 0 Å². The number of carbonyl (C=O) groups excluding carboxylic acids is 1. The van der Waals surface area contributed by atoms with E-state index in [1.165, 1.54) is 15.6 Å². The monoisotopic (exact) mass is 415 g/mol. The van der Waals surface area contributed by atoms with Gasteiger partial charge < -0.3 is 4.90 Å². The van der Waals surface area contributed by atoms with Crippen LogP contribution in [-0.2, 0) is 7.05 Å². The van der Waals surface area contributed by atoms with E-state index in [4.69, 9.17) is 0 Å². The molecule has 0 aliphatic rings. The molecule has 0 bridgehead atoms. The van der Waals surface area contributed by atoms with Crippen LogP contribution >= 0.6 is 23.7 Å². The molecule has 0 spiro atoms. The lowest BCUT2D eigenvalue weighted by Gasteiger charge is -2.22. The van der Waals surface area contributed by atoms with Gasteiger partial charge >= 0.3 is 0 Å². The third-order valence-corrected chi connectivity index (χ3v) is 5.00. The minimum absolute atomic E-state index is 0. The van der Waals surface area contributed by atoms with Gasteiger partial charge in [-0.15, -0.1) is 12.4 Å². The van der Waals surface area contributed by atoms with E-state index in [0.29, 0.717) is 28.6 Å². The van der Waals surface area contributed by atoms with Crippen LogP contribution in [-0.4, -0.2) is 52.8 Å². The van der Waals surface area contributed by atoms with E-state index in [-0.39, 0.29) is 23.8 Å². The van der Waals surface area contributed by atoms with E-state index in [9.17, 15) is 13.6 Å². The number of aryl methyl sites for hydroxylation is 2. The highest BCUT2D eigenvalue weighted by molar-refractivity contribution is 7.22. The van der Waals surface area contributed by atoms with Crippen LogP contribution in [0.4, 0.5) is 13.9 Å². The summed E-state index contributed by atoms with van der Waals surface area (Å²) in [5.74, 6) is -1.68. The molecule has 0 aliphatic carbocycles. The molecule has 10 heteroatoms. The predicted molar refractivity (Wildman–Crippen MR) is 105 cm³/mol. The number of benzene rings is 1. The summed E-state index contributed by atoms with van der Waals surface area (Å²) in [5.41, 5.74) is 1.25. The van der Waals surface area contributed by atoms with Crippen molar-refractivity contribution in [3.63, 3.8) is 0 Å². The van der Waals surface area contributed by atoms with Gasteiger partial charge in [0.15, 0.2) is 10.9 Å². The molecule has 27 heavy (non-hydrogen) atoms. The Morgan fingerprint density at radius 1 is 1.26 bits per heavy atom. The highest BCUT2D eigenvalue weighted by atomic mass is 35.5. The quantitative estimate of drug-likeness (QED) is 0.642. The molecule has 2 aromatic heterocycles. The molecule has 3 rings (SSSR count). The van der Waals surface area contributed by atoms with Gasteiger partial charge in [-0.2, -0.15) is 5.10 Å². The van der Waals surface area contributed by atoms with Crippen molar-refractivity contribution in [3.8, 4) is 0 Å². The number of rotatable bonds is 5. The van der Waals surface area contributed by atoms with Crippen molar-refractivity contribution in [2.75, 3.05) is 32.1 Å². The van der Waals surface area contributed by atoms with Crippen molar-refractivity contribution in [1.82, 2.24) is 19.7 Å². The van der Waals surface area contributed by atoms with Gasteiger partial charge in [-0.05, 0) is 32.6 Å². The van der Waals surface area contributed by atoms with Gasteiger partial charge in [-0.1, -0.05) is 11.3 Å². The fourth-order valence-corrected chi connectivity index (χ4v) is 3.66. The number of anilines is 1. The Labute approximate surface area is 165 Å². The highest BCUT2D eigenvalue weighted by Gasteiger charge is 2.26. The Morgan fingerprint density at radius 3 is 2.56 bits per heavy atom. The molecule has 6 nitrogen and oxygen atoms in total. The number of amides is 1. The maximum atomic E-state index is 14.0. The molecule has 0 unspecified atom stereocenters. The number of nitrogens with zero attached hydrogens (tertiary/aromatic N) is 5. The Hall–Kier alpha value is -2.10. The van der Waals surface area contributed by atoms with E-state index in [1.54, 1.807) is 20.2 Å². The first-order valence-corrected chi connectivity index (χ1v) is 8.80. The van der Waals surface area contributed by atoms with Gasteiger partial charge in [-0.25, -0.2) is 13.8 Å². The standard InChI is InChI=1S/C17H19F2N5OS.ClH/c1-10-9-20-23(4)15(10)16(25)24(6-5-22(2)3)17-21-14-12(19)7-11(18)8-13(14)26-17;/h7-9H,5-6H2,1-4H3;1H. The summed E-state index contributed by atoms with van der Waals surface area (Å²) >= 11 is 1.09. The van der Waals surface area contributed by atoms with Crippen molar-refractivity contribution < 1.29 is 13.6 Å². The van der Waals surface area contributed by atoms with Gasteiger partial charge in [-0.3, -0.25) is 14.4 Å². The number of fused-ring (bicyclic) bond motifs is 1. The molecule has 0 atom stereocenters. The number of hydrogen-bond donors (Lipinski definition) is 0. The molecule has 0 N–H and O–H groups in total. The summed E-state index contributed by atoms with van der Waals surface area (Å²) in [7, 11) is 5.48. The Bertz CT molecular complexity index is 952. The zero-order valence-electron chi connectivity index (χ0n) is 15.4. The maximum Gasteiger partial charge on any atom is 0.278 e. The van der Waals surface area contributed by atoms with E-state index < -0.39 is 11.6 Å². The lowest BCUT2D eigenvalue weighted by atomic mass is 10.2. The van der Waals surface area contributed by atoms with Gasteiger partial charge in [0.1, 0.15) is 17.0 Å². The molecule has 0 radical (unpaired) electrons. The molecule has 0 aliphatic heterocycles. The van der Waals surface area contributed by atoms with Gasteiger partial charge in [0, 0.05) is 26.2 Å². The largest absolute Gasteiger partial charge is 0.308 e. The number of halogens is 3. The molecular weight excluding hydrogens is 396 g/mol. The minimum Gasteiger partial charge on any atom is -0.308 e. The third kappa shape index (κ3) is 4.26. The van der Waals surface area contributed by atoms with Crippen molar-refractivity contribution in [1.29, 1.82) is 0 Å². The smallest absolute Gasteiger partial charge is 0.278 e. The number of likely N-dealkylation sites (N-methyl/N-ethyl adjacent to an activating group) is 1. The number of carbonyl (C=O) groups is 1. The first-order chi connectivity index (χ1) is 12.3. The molecule has 0 saturated heterocycles. The summed E-state index contributed by atoms with van der Waals surface area (Å²) in [5, 5.41) is 4.44. The van der Waals surface area contributed by atoms with Crippen molar-refractivity contribution in [2.24, 2.45) is 7.05 Å². The molecule has 1 aromatic carbocycles. The predicted octanol–water partition coefficient (Wildman–Crippen LogP) is 3.25. The fourth-order valence-electron chi connectivity index (χ4n) is 2.63. The molecule has 3 aromatic rings. The first kappa shape index (κ1) is 21.2. The Kier molecular flexibility index (Phi) is 6.50. The number of thiazole rings is 1. The number of hydrogen-bond acceptors (Lipinski definition) is 5. The molecular formula is C17H20ClF2N5OS. The second-order valence-electron chi connectivity index (χ2n) is 6.29. The second-order valence-corrected chi connectivity index (χ2v) is 7.30. The lowest BCUT2D eigenvalue weighted by molar-refractivity contribution is 0.0975. The Balaban J connectivity index is 0.00000261. The van der Waals surface area contributed by atoms with Crippen LogP contribution in [0.1, 0.15) is 16.1 Å². The summed E-state index contributed by atoms with van der Waals surface area (Å²) in [6, 6.07) is 2.02. The van der Waals surface area contributed by atoms with Crippen LogP contribution in [0, 0.1) is 18.6 Å². The molecule has 0 fully saturated rings. The first-order valence-electron chi connectivity index (χ1n) is 7.98. The molecule has 0 saturated carbocycles. The van der Waals surface area contributed by atoms with Crippen LogP contribution in [0.25, 0.3) is 10.2 Å². The second kappa shape index (κ2) is 8.28. The van der Waals surface area contributed by atoms with Crippen LogP contribution in [0.5, 0.6) is 0 Å². The minimum atomic E-state index is -0.737. The van der Waals surface area contributed by atoms with Gasteiger partial charge in [0.2, 0.25) is 0 Å². The van der Waals surface area contributed by atoms with Crippen LogP contribution in [0.3, 0.4) is 0 Å². The molecule has 146 valence electrons. The van der Waals surface area contributed by atoms with Gasteiger partial charge in [0.25, 0.3) is 5.91 Å². The zero-order chi connectivity index (χ0) is 19.0. The zero-order valence-corrected chi connectivity index (χ0v) is 17.0.